The molecule has 0 aliphatic heterocycles. The molecule has 0 saturated carbocycles. The highest BCUT2D eigenvalue weighted by Crippen LogP contribution is 2.36. The summed E-state index contributed by atoms with van der Waals surface area (Å²) in [5.74, 6) is 0. The van der Waals surface area contributed by atoms with Crippen LogP contribution in [0.5, 0.6) is 0 Å². The van der Waals surface area contributed by atoms with E-state index in [9.17, 15) is 4.79 Å². The van der Waals surface area contributed by atoms with E-state index < -0.39 is 9.70 Å². The third kappa shape index (κ3) is 3.53. The van der Waals surface area contributed by atoms with Crippen molar-refractivity contribution in [2.75, 3.05) is 0 Å². The number of primary amides is 1. The molecule has 1 atom stereocenters. The molecule has 1 amide bonds. The first kappa shape index (κ1) is 14.0. The molecule has 1 heterocycles. The first-order chi connectivity index (χ1) is 8.99. The zero-order valence-corrected chi connectivity index (χ0v) is 12.4. The van der Waals surface area contributed by atoms with E-state index in [-0.39, 0.29) is 6.54 Å². The number of halogens is 2. The Balaban J connectivity index is 2.36. The van der Waals surface area contributed by atoms with Crippen LogP contribution in [-0.2, 0) is 14.9 Å². The van der Waals surface area contributed by atoms with Gasteiger partial charge in [-0.3, -0.25) is 0 Å². The van der Waals surface area contributed by atoms with Gasteiger partial charge in [-0.25, -0.2) is 4.79 Å². The van der Waals surface area contributed by atoms with Gasteiger partial charge in [0, 0.05) is 10.6 Å². The fourth-order valence-electron chi connectivity index (χ4n) is 1.51. The molecule has 2 N–H and O–H groups in total. The summed E-state index contributed by atoms with van der Waals surface area (Å²) in [6, 6.07) is 6.94. The van der Waals surface area contributed by atoms with Gasteiger partial charge in [-0.15, -0.1) is 10.2 Å². The summed E-state index contributed by atoms with van der Waals surface area (Å²) in [4.78, 5) is 12.4. The lowest BCUT2D eigenvalue weighted by molar-refractivity contribution is 0.0771. The molecular formula is C10H9ClIN5O2. The first-order valence-corrected chi connectivity index (χ1v) is 6.59. The van der Waals surface area contributed by atoms with Crippen LogP contribution in [0.3, 0.4) is 0 Å². The van der Waals surface area contributed by atoms with Gasteiger partial charge in [0.2, 0.25) is 3.61 Å². The molecule has 0 bridgehead atoms. The van der Waals surface area contributed by atoms with E-state index in [0.717, 1.165) is 0 Å². The molecule has 19 heavy (non-hydrogen) atoms. The van der Waals surface area contributed by atoms with Crippen LogP contribution in [0.2, 0.25) is 5.02 Å². The molecule has 1 aromatic heterocycles. The van der Waals surface area contributed by atoms with Crippen LogP contribution in [0.4, 0.5) is 4.79 Å². The number of carbonyl (C=O) groups is 1. The van der Waals surface area contributed by atoms with Crippen molar-refractivity contribution in [3.63, 3.8) is 0 Å². The molecule has 2 aromatic rings. The molecule has 0 spiro atoms. The highest BCUT2D eigenvalue weighted by atomic mass is 127. The largest absolute Gasteiger partial charge is 0.425 e. The maximum absolute atomic E-state index is 11.1. The molecule has 0 saturated heterocycles. The maximum Gasteiger partial charge on any atom is 0.406 e. The number of tetrazole rings is 1. The minimum atomic E-state index is -1.06. The van der Waals surface area contributed by atoms with Gasteiger partial charge in [0.1, 0.15) is 6.54 Å². The topological polar surface area (TPSA) is 95.9 Å². The van der Waals surface area contributed by atoms with Gasteiger partial charge < -0.3 is 10.5 Å². The highest BCUT2D eigenvalue weighted by molar-refractivity contribution is 14.1. The average molecular weight is 394 g/mol. The van der Waals surface area contributed by atoms with E-state index in [1.54, 1.807) is 24.3 Å². The Labute approximate surface area is 127 Å². The van der Waals surface area contributed by atoms with Crippen LogP contribution in [0.25, 0.3) is 0 Å². The molecule has 1 unspecified atom stereocenters. The third-order valence-corrected chi connectivity index (χ3v) is 3.67. The number of carbonyl (C=O) groups excluding carboxylic acids is 1. The number of aromatic nitrogens is 4. The van der Waals surface area contributed by atoms with Gasteiger partial charge in [0.25, 0.3) is 0 Å². The summed E-state index contributed by atoms with van der Waals surface area (Å²) in [7, 11) is 0. The number of benzene rings is 1. The number of rotatable bonds is 4. The number of amides is 1. The van der Waals surface area contributed by atoms with E-state index >= 15 is 0 Å². The minimum absolute atomic E-state index is 0.164. The molecular weight excluding hydrogens is 385 g/mol. The van der Waals surface area contributed by atoms with Crippen molar-refractivity contribution in [3.8, 4) is 0 Å². The smallest absolute Gasteiger partial charge is 0.406 e. The summed E-state index contributed by atoms with van der Waals surface area (Å²) >= 11 is 7.91. The van der Waals surface area contributed by atoms with Gasteiger partial charge in [-0.1, -0.05) is 23.7 Å². The average Bonchev–Trinajstić information content (AvgIpc) is 2.80. The second-order valence-corrected chi connectivity index (χ2v) is 5.81. The number of nitrogens with two attached hydrogens (primary N) is 1. The van der Waals surface area contributed by atoms with Crippen LogP contribution >= 0.6 is 34.2 Å². The van der Waals surface area contributed by atoms with Crippen LogP contribution in [-0.4, -0.2) is 26.3 Å². The van der Waals surface area contributed by atoms with Crippen molar-refractivity contribution in [2.24, 2.45) is 5.73 Å². The van der Waals surface area contributed by atoms with Gasteiger partial charge in [-0.05, 0) is 39.9 Å². The molecule has 0 aliphatic carbocycles. The molecule has 9 heteroatoms. The van der Waals surface area contributed by atoms with Gasteiger partial charge in [-0.2, -0.15) is 4.80 Å². The monoisotopic (exact) mass is 393 g/mol. The number of hydrogen-bond acceptors (Lipinski definition) is 5. The highest BCUT2D eigenvalue weighted by Gasteiger charge is 2.34. The summed E-state index contributed by atoms with van der Waals surface area (Å²) in [6.45, 7) is 0.164. The van der Waals surface area contributed by atoms with Crippen molar-refractivity contribution in [2.45, 2.75) is 10.2 Å². The van der Waals surface area contributed by atoms with Crippen molar-refractivity contribution in [1.82, 2.24) is 20.2 Å². The standard InChI is InChI=1S/C10H9ClIN5O2/c11-8-3-1-2-7(4-8)10(12,19-9(13)18)5-17-15-6-14-16-17/h1-4,6H,5H2,(H2,13,18). The SMILES string of the molecule is NC(=O)OC(I)(Cn1ncnn1)c1cccc(Cl)c1. The van der Waals surface area contributed by atoms with E-state index in [2.05, 4.69) is 15.4 Å². The number of nitrogens with zero attached hydrogens (tertiary/aromatic N) is 4. The predicted molar refractivity (Wildman–Crippen MR) is 75.6 cm³/mol. The van der Waals surface area contributed by atoms with Crippen molar-refractivity contribution >= 4 is 40.3 Å². The third-order valence-electron chi connectivity index (χ3n) is 2.25. The second kappa shape index (κ2) is 5.70. The molecule has 0 aliphatic rings. The van der Waals surface area contributed by atoms with Crippen LogP contribution in [0.15, 0.2) is 30.6 Å². The van der Waals surface area contributed by atoms with Gasteiger partial charge in [0.15, 0.2) is 6.33 Å². The lowest BCUT2D eigenvalue weighted by Crippen LogP contribution is -2.34. The minimum Gasteiger partial charge on any atom is -0.425 e. The molecule has 0 fully saturated rings. The van der Waals surface area contributed by atoms with Crippen LogP contribution in [0.1, 0.15) is 5.56 Å². The number of ether oxygens (including phenoxy) is 1. The Morgan fingerprint density at radius 2 is 2.37 bits per heavy atom. The van der Waals surface area contributed by atoms with Gasteiger partial charge >= 0.3 is 6.09 Å². The van der Waals surface area contributed by atoms with E-state index in [0.29, 0.717) is 10.6 Å². The molecule has 0 radical (unpaired) electrons. The van der Waals surface area contributed by atoms with Crippen molar-refractivity contribution in [1.29, 1.82) is 0 Å². The van der Waals surface area contributed by atoms with E-state index in [1.807, 2.05) is 22.6 Å². The molecule has 2 rings (SSSR count). The number of alkyl halides is 1. The summed E-state index contributed by atoms with van der Waals surface area (Å²) in [5, 5.41) is 11.7. The second-order valence-electron chi connectivity index (χ2n) is 3.63. The Morgan fingerprint density at radius 3 is 2.95 bits per heavy atom. The van der Waals surface area contributed by atoms with Crippen LogP contribution in [0, 0.1) is 0 Å². The van der Waals surface area contributed by atoms with Crippen molar-refractivity contribution < 1.29 is 9.53 Å². The van der Waals surface area contributed by atoms with E-state index in [1.165, 1.54) is 11.1 Å². The number of hydrogen-bond donors (Lipinski definition) is 1. The normalized spacial score (nSPS) is 13.8. The Bertz CT molecular complexity index is 579. The molecule has 100 valence electrons. The maximum atomic E-state index is 11.1. The fourth-order valence-corrected chi connectivity index (χ4v) is 2.55. The zero-order valence-electron chi connectivity index (χ0n) is 9.53. The Hall–Kier alpha value is -1.42. The van der Waals surface area contributed by atoms with Gasteiger partial charge in [0.05, 0.1) is 0 Å². The zero-order chi connectivity index (χ0) is 13.9. The Kier molecular flexibility index (Phi) is 4.20. The lowest BCUT2D eigenvalue weighted by atomic mass is 10.1. The quantitative estimate of drug-likeness (QED) is 0.630. The fraction of sp³-hybridized carbons (Fsp3) is 0.200. The molecule has 7 nitrogen and oxygen atoms in total. The summed E-state index contributed by atoms with van der Waals surface area (Å²) in [6.07, 6.45) is 0.397. The first-order valence-electron chi connectivity index (χ1n) is 5.14. The predicted octanol–water partition coefficient (Wildman–Crippen LogP) is 1.71. The summed E-state index contributed by atoms with van der Waals surface area (Å²) < 4.78 is 4.13. The van der Waals surface area contributed by atoms with Crippen LogP contribution < -0.4 is 5.73 Å². The lowest BCUT2D eigenvalue weighted by Gasteiger charge is -2.26. The summed E-state index contributed by atoms with van der Waals surface area (Å²) in [5.41, 5.74) is 5.80. The molecule has 1 aromatic carbocycles. The van der Waals surface area contributed by atoms with Crippen molar-refractivity contribution in [3.05, 3.63) is 41.2 Å². The van der Waals surface area contributed by atoms with E-state index in [4.69, 9.17) is 22.1 Å². The Morgan fingerprint density at radius 1 is 1.58 bits per heavy atom.